The molecule has 6 heteroatoms. The monoisotopic (exact) mass is 310 g/mol. The molecule has 0 atom stereocenters. The molecule has 0 radical (unpaired) electrons. The van der Waals surface area contributed by atoms with Crippen molar-refractivity contribution in [3.63, 3.8) is 0 Å². The van der Waals surface area contributed by atoms with Crippen LogP contribution in [0.5, 0.6) is 5.75 Å². The lowest BCUT2D eigenvalue weighted by atomic mass is 10.3. The molecule has 0 bridgehead atoms. The number of nitrogens with one attached hydrogen (secondary N) is 1. The Hall–Kier alpha value is -1.46. The number of methoxy groups -OCH3 is 1. The summed E-state index contributed by atoms with van der Waals surface area (Å²) in [6.07, 6.45) is 2.63. The van der Waals surface area contributed by atoms with E-state index in [1.54, 1.807) is 19.2 Å². The van der Waals surface area contributed by atoms with Crippen LogP contribution in [0.25, 0.3) is 0 Å². The normalized spacial score (nSPS) is 15.3. The van der Waals surface area contributed by atoms with E-state index in [9.17, 15) is 0 Å². The molecule has 0 amide bonds. The second-order valence-corrected chi connectivity index (χ2v) is 5.51. The summed E-state index contributed by atoms with van der Waals surface area (Å²) in [4.78, 5) is 6.80. The first-order valence-corrected chi connectivity index (χ1v) is 7.66. The number of hydrogen-bond acceptors (Lipinski definition) is 3. The molecule has 1 fully saturated rings. The Labute approximate surface area is 131 Å². The fraction of sp³-hybridized carbons (Fsp3) is 0.533. The first-order valence-electron chi connectivity index (χ1n) is 7.28. The number of rotatable bonds is 7. The molecular weight excluding hydrogens is 288 g/mol. The van der Waals surface area contributed by atoms with Crippen LogP contribution in [-0.2, 0) is 0 Å². The van der Waals surface area contributed by atoms with Crippen LogP contribution in [-0.4, -0.2) is 43.6 Å². The van der Waals surface area contributed by atoms with E-state index in [1.807, 2.05) is 6.07 Å². The van der Waals surface area contributed by atoms with Gasteiger partial charge in [-0.3, -0.25) is 9.89 Å². The maximum absolute atomic E-state index is 6.07. The van der Waals surface area contributed by atoms with Crippen molar-refractivity contribution < 1.29 is 4.74 Å². The van der Waals surface area contributed by atoms with Crippen LogP contribution in [0.3, 0.4) is 0 Å². The molecule has 1 aromatic carbocycles. The molecular formula is C15H23ClN4O. The molecule has 0 saturated heterocycles. The maximum Gasteiger partial charge on any atom is 0.193 e. The van der Waals surface area contributed by atoms with Crippen molar-refractivity contribution in [3.8, 4) is 5.75 Å². The number of nitrogens with two attached hydrogens (primary N) is 1. The van der Waals surface area contributed by atoms with Gasteiger partial charge in [0.2, 0.25) is 0 Å². The van der Waals surface area contributed by atoms with Crippen molar-refractivity contribution in [1.82, 2.24) is 4.90 Å². The van der Waals surface area contributed by atoms with Crippen LogP contribution in [0, 0.1) is 0 Å². The lowest BCUT2D eigenvalue weighted by molar-refractivity contribution is 0.286. The topological polar surface area (TPSA) is 62.9 Å². The highest BCUT2D eigenvalue weighted by molar-refractivity contribution is 6.32. The smallest absolute Gasteiger partial charge is 0.193 e. The van der Waals surface area contributed by atoms with E-state index < -0.39 is 0 Å². The van der Waals surface area contributed by atoms with Gasteiger partial charge in [-0.2, -0.15) is 0 Å². The Morgan fingerprint density at radius 1 is 1.52 bits per heavy atom. The zero-order valence-electron chi connectivity index (χ0n) is 12.6. The molecule has 1 aliphatic rings. The van der Waals surface area contributed by atoms with Crippen LogP contribution in [0.4, 0.5) is 5.69 Å². The van der Waals surface area contributed by atoms with Crippen LogP contribution in [0.15, 0.2) is 23.2 Å². The number of aliphatic imine (C=N–C) groups is 1. The number of ether oxygens (including phenoxy) is 1. The number of guanidine groups is 1. The minimum absolute atomic E-state index is 0.406. The maximum atomic E-state index is 6.07. The molecule has 0 aromatic heterocycles. The van der Waals surface area contributed by atoms with E-state index in [1.165, 1.54) is 12.8 Å². The lowest BCUT2D eigenvalue weighted by Crippen LogP contribution is -2.30. The number of anilines is 1. The van der Waals surface area contributed by atoms with Crippen molar-refractivity contribution in [2.75, 3.05) is 32.1 Å². The number of hydrogen-bond donors (Lipinski definition) is 2. The fourth-order valence-electron chi connectivity index (χ4n) is 2.27. The highest BCUT2D eigenvalue weighted by Crippen LogP contribution is 2.27. The van der Waals surface area contributed by atoms with Crippen molar-refractivity contribution in [2.24, 2.45) is 10.7 Å². The van der Waals surface area contributed by atoms with Gasteiger partial charge in [0.1, 0.15) is 5.75 Å². The Balaban J connectivity index is 1.83. The predicted molar refractivity (Wildman–Crippen MR) is 88.4 cm³/mol. The molecule has 116 valence electrons. The zero-order valence-corrected chi connectivity index (χ0v) is 13.4. The molecule has 1 saturated carbocycles. The standard InChI is InChI=1S/C15H23ClN4O/c1-3-20(12-5-6-12)9-8-18-15(17)19-11-4-7-14(21-2)13(16)10-11/h4,7,10,12H,3,5-6,8-9H2,1-2H3,(H3,17,18,19). The quantitative estimate of drug-likeness (QED) is 0.600. The van der Waals surface area contributed by atoms with Crippen molar-refractivity contribution in [1.29, 1.82) is 0 Å². The Morgan fingerprint density at radius 3 is 2.86 bits per heavy atom. The summed E-state index contributed by atoms with van der Waals surface area (Å²) in [5, 5.41) is 3.58. The van der Waals surface area contributed by atoms with Gasteiger partial charge in [0.25, 0.3) is 0 Å². The minimum atomic E-state index is 0.406. The van der Waals surface area contributed by atoms with E-state index in [-0.39, 0.29) is 0 Å². The third-order valence-electron chi connectivity index (χ3n) is 3.56. The molecule has 1 aromatic rings. The van der Waals surface area contributed by atoms with Crippen LogP contribution in [0.1, 0.15) is 19.8 Å². The second kappa shape index (κ2) is 7.52. The third-order valence-corrected chi connectivity index (χ3v) is 3.86. The van der Waals surface area contributed by atoms with Gasteiger partial charge >= 0.3 is 0 Å². The summed E-state index contributed by atoms with van der Waals surface area (Å²) in [7, 11) is 1.59. The van der Waals surface area contributed by atoms with Gasteiger partial charge in [0.05, 0.1) is 18.7 Å². The average Bonchev–Trinajstić information content (AvgIpc) is 3.28. The van der Waals surface area contributed by atoms with Gasteiger partial charge in [-0.1, -0.05) is 18.5 Å². The van der Waals surface area contributed by atoms with Gasteiger partial charge in [-0.25, -0.2) is 0 Å². The SMILES string of the molecule is CCN(CCN=C(N)Nc1ccc(OC)c(Cl)c1)C1CC1. The molecule has 5 nitrogen and oxygen atoms in total. The third kappa shape index (κ3) is 4.79. The molecule has 2 rings (SSSR count). The molecule has 21 heavy (non-hydrogen) atoms. The summed E-state index contributed by atoms with van der Waals surface area (Å²) in [6, 6.07) is 6.19. The second-order valence-electron chi connectivity index (χ2n) is 5.10. The molecule has 0 spiro atoms. The van der Waals surface area contributed by atoms with Gasteiger partial charge < -0.3 is 15.8 Å². The minimum Gasteiger partial charge on any atom is -0.495 e. The van der Waals surface area contributed by atoms with E-state index in [0.717, 1.165) is 24.8 Å². The van der Waals surface area contributed by atoms with E-state index in [4.69, 9.17) is 22.1 Å². The number of halogens is 1. The number of benzene rings is 1. The van der Waals surface area contributed by atoms with E-state index in [2.05, 4.69) is 22.1 Å². The Bertz CT molecular complexity index is 502. The summed E-state index contributed by atoms with van der Waals surface area (Å²) < 4.78 is 5.11. The van der Waals surface area contributed by atoms with Gasteiger partial charge in [-0.05, 0) is 37.6 Å². The summed E-state index contributed by atoms with van der Waals surface area (Å²) in [6.45, 7) is 4.91. The Kier molecular flexibility index (Phi) is 5.70. The first-order chi connectivity index (χ1) is 10.1. The predicted octanol–water partition coefficient (Wildman–Crippen LogP) is 2.56. The van der Waals surface area contributed by atoms with Gasteiger partial charge in [0.15, 0.2) is 5.96 Å². The van der Waals surface area contributed by atoms with Gasteiger partial charge in [-0.15, -0.1) is 0 Å². The number of likely N-dealkylation sites (N-methyl/N-ethyl adjacent to an activating group) is 1. The summed E-state index contributed by atoms with van der Waals surface area (Å²) in [5.74, 6) is 1.05. The van der Waals surface area contributed by atoms with Crippen LogP contribution >= 0.6 is 11.6 Å². The zero-order chi connectivity index (χ0) is 15.2. The van der Waals surface area contributed by atoms with Crippen molar-refractivity contribution in [3.05, 3.63) is 23.2 Å². The summed E-state index contributed by atoms with van der Waals surface area (Å²) in [5.41, 5.74) is 6.69. The molecule has 0 aliphatic heterocycles. The molecule has 0 heterocycles. The first kappa shape index (κ1) is 15.9. The lowest BCUT2D eigenvalue weighted by Gasteiger charge is -2.18. The summed E-state index contributed by atoms with van der Waals surface area (Å²) >= 11 is 6.07. The van der Waals surface area contributed by atoms with Crippen LogP contribution < -0.4 is 15.8 Å². The highest BCUT2D eigenvalue weighted by Gasteiger charge is 2.26. The largest absolute Gasteiger partial charge is 0.495 e. The van der Waals surface area contributed by atoms with E-state index >= 15 is 0 Å². The molecule has 3 N–H and O–H groups in total. The molecule has 0 unspecified atom stereocenters. The fourth-order valence-corrected chi connectivity index (χ4v) is 2.53. The number of nitrogens with zero attached hydrogens (tertiary/aromatic N) is 2. The van der Waals surface area contributed by atoms with E-state index in [0.29, 0.717) is 23.3 Å². The molecule has 1 aliphatic carbocycles. The Morgan fingerprint density at radius 2 is 2.29 bits per heavy atom. The van der Waals surface area contributed by atoms with Crippen LogP contribution in [0.2, 0.25) is 5.02 Å². The average molecular weight is 311 g/mol. The van der Waals surface area contributed by atoms with Crippen molar-refractivity contribution >= 4 is 23.2 Å². The highest BCUT2D eigenvalue weighted by atomic mass is 35.5. The van der Waals surface area contributed by atoms with Gasteiger partial charge in [0, 0.05) is 18.3 Å². The van der Waals surface area contributed by atoms with Crippen molar-refractivity contribution in [2.45, 2.75) is 25.8 Å².